The van der Waals surface area contributed by atoms with Crippen molar-refractivity contribution in [2.24, 2.45) is 7.05 Å². The van der Waals surface area contributed by atoms with E-state index in [9.17, 15) is 4.79 Å². The highest BCUT2D eigenvalue weighted by Crippen LogP contribution is 2.28. The maximum atomic E-state index is 12.6. The molecule has 1 aliphatic rings. The van der Waals surface area contributed by atoms with Crippen LogP contribution in [0.5, 0.6) is 0 Å². The molecule has 0 saturated heterocycles. The van der Waals surface area contributed by atoms with Gasteiger partial charge in [-0.25, -0.2) is 4.98 Å². The predicted octanol–water partition coefficient (Wildman–Crippen LogP) is 3.15. The highest BCUT2D eigenvalue weighted by Gasteiger charge is 2.25. The van der Waals surface area contributed by atoms with Crippen LogP contribution in [0.25, 0.3) is 16.8 Å². The van der Waals surface area contributed by atoms with E-state index in [0.29, 0.717) is 5.56 Å². The monoisotopic (exact) mass is 322 g/mol. The van der Waals surface area contributed by atoms with E-state index in [4.69, 9.17) is 0 Å². The molecule has 0 aliphatic heterocycles. The van der Waals surface area contributed by atoms with Crippen molar-refractivity contribution < 1.29 is 4.79 Å². The van der Waals surface area contributed by atoms with Crippen molar-refractivity contribution in [1.29, 1.82) is 0 Å². The lowest BCUT2D eigenvalue weighted by Gasteiger charge is -2.14. The Hall–Kier alpha value is -2.60. The van der Waals surface area contributed by atoms with Crippen LogP contribution in [0.15, 0.2) is 41.5 Å². The number of allylic oxidation sites excluding steroid dienone is 1. The fraction of sp³-hybridized carbons (Fsp3) is 0.176. The lowest BCUT2D eigenvalue weighted by molar-refractivity contribution is 0.102. The molecule has 114 valence electrons. The Morgan fingerprint density at radius 1 is 1.30 bits per heavy atom. The molecule has 0 atom stereocenters. The van der Waals surface area contributed by atoms with Crippen molar-refractivity contribution in [2.75, 3.05) is 0 Å². The van der Waals surface area contributed by atoms with E-state index in [-0.39, 0.29) is 5.78 Å². The van der Waals surface area contributed by atoms with E-state index >= 15 is 0 Å². The van der Waals surface area contributed by atoms with E-state index in [1.807, 2.05) is 36.7 Å². The molecule has 1 aliphatic carbocycles. The fourth-order valence-electron chi connectivity index (χ4n) is 2.76. The molecule has 23 heavy (non-hydrogen) atoms. The average Bonchev–Trinajstić information content (AvgIpc) is 3.19. The van der Waals surface area contributed by atoms with Gasteiger partial charge >= 0.3 is 0 Å². The number of aryl methyl sites for hydroxylation is 1. The molecule has 0 unspecified atom stereocenters. The molecule has 0 saturated carbocycles. The lowest BCUT2D eigenvalue weighted by Crippen LogP contribution is -2.15. The second-order valence-electron chi connectivity index (χ2n) is 5.42. The van der Waals surface area contributed by atoms with Crippen LogP contribution < -0.4 is 0 Å². The van der Waals surface area contributed by atoms with Crippen LogP contribution in [-0.2, 0) is 13.5 Å². The summed E-state index contributed by atoms with van der Waals surface area (Å²) < 4.78 is 1.78. The Kier molecular flexibility index (Phi) is 3.38. The maximum Gasteiger partial charge on any atom is 0.192 e. The Morgan fingerprint density at radius 3 is 3.04 bits per heavy atom. The first-order chi connectivity index (χ1) is 11.2. The first-order valence-electron chi connectivity index (χ1n) is 7.35. The molecular formula is C17H14N4OS. The maximum absolute atomic E-state index is 12.6. The normalized spacial score (nSPS) is 15.9. The van der Waals surface area contributed by atoms with Gasteiger partial charge in [-0.05, 0) is 31.1 Å². The molecule has 3 heterocycles. The largest absolute Gasteiger partial charge is 0.289 e. The number of rotatable bonds is 2. The van der Waals surface area contributed by atoms with Gasteiger partial charge in [0.1, 0.15) is 5.01 Å². The van der Waals surface area contributed by atoms with Gasteiger partial charge in [0.2, 0.25) is 0 Å². The third-order valence-electron chi connectivity index (χ3n) is 3.96. The Morgan fingerprint density at radius 2 is 2.22 bits per heavy atom. The molecular weight excluding hydrogens is 308 g/mol. The van der Waals surface area contributed by atoms with E-state index in [2.05, 4.69) is 15.1 Å². The van der Waals surface area contributed by atoms with Crippen LogP contribution >= 0.6 is 11.3 Å². The lowest BCUT2D eigenvalue weighted by atomic mass is 9.91. The van der Waals surface area contributed by atoms with Crippen molar-refractivity contribution in [2.45, 2.75) is 12.8 Å². The van der Waals surface area contributed by atoms with Gasteiger partial charge in [0, 0.05) is 29.9 Å². The van der Waals surface area contributed by atoms with Gasteiger partial charge in [-0.2, -0.15) is 5.10 Å². The highest BCUT2D eigenvalue weighted by atomic mass is 32.1. The molecule has 0 N–H and O–H groups in total. The zero-order valence-electron chi connectivity index (χ0n) is 12.6. The molecule has 0 bridgehead atoms. The number of ketones is 1. The molecule has 0 fully saturated rings. The smallest absolute Gasteiger partial charge is 0.192 e. The summed E-state index contributed by atoms with van der Waals surface area (Å²) in [5, 5.41) is 7.01. The van der Waals surface area contributed by atoms with E-state index in [1.54, 1.807) is 17.1 Å². The van der Waals surface area contributed by atoms with Crippen LogP contribution in [0.4, 0.5) is 0 Å². The minimum Gasteiger partial charge on any atom is -0.289 e. The second-order valence-corrected chi connectivity index (χ2v) is 6.28. The molecule has 0 aromatic carbocycles. The molecule has 3 aromatic heterocycles. The van der Waals surface area contributed by atoms with Crippen molar-refractivity contribution in [3.63, 3.8) is 0 Å². The van der Waals surface area contributed by atoms with Crippen LogP contribution in [0.1, 0.15) is 28.2 Å². The minimum absolute atomic E-state index is 0.0618. The third-order valence-corrected chi connectivity index (χ3v) is 4.84. The summed E-state index contributed by atoms with van der Waals surface area (Å²) in [5.41, 5.74) is 4.19. The molecule has 4 rings (SSSR count). The van der Waals surface area contributed by atoms with Gasteiger partial charge in [-0.3, -0.25) is 14.5 Å². The third kappa shape index (κ3) is 2.51. The molecule has 5 nitrogen and oxygen atoms in total. The summed E-state index contributed by atoms with van der Waals surface area (Å²) in [7, 11) is 1.88. The molecule has 0 radical (unpaired) electrons. The first-order valence-corrected chi connectivity index (χ1v) is 8.23. The van der Waals surface area contributed by atoms with Crippen molar-refractivity contribution in [3.05, 3.63) is 58.5 Å². The number of carbonyl (C=O) groups excluding carboxylic acids is 1. The Balaban J connectivity index is 1.64. The number of fused-ring (bicyclic) bond motifs is 1. The number of hydrogen-bond acceptors (Lipinski definition) is 5. The molecule has 6 heteroatoms. The first kappa shape index (κ1) is 14.0. The summed E-state index contributed by atoms with van der Waals surface area (Å²) in [6.45, 7) is 0. The number of nitrogens with zero attached hydrogens (tertiary/aromatic N) is 4. The second kappa shape index (κ2) is 5.55. The Bertz CT molecular complexity index is 908. The zero-order valence-corrected chi connectivity index (χ0v) is 13.4. The van der Waals surface area contributed by atoms with Gasteiger partial charge in [-0.1, -0.05) is 6.07 Å². The van der Waals surface area contributed by atoms with Crippen molar-refractivity contribution in [1.82, 2.24) is 19.7 Å². The highest BCUT2D eigenvalue weighted by molar-refractivity contribution is 7.13. The number of thiazole rings is 1. The zero-order chi connectivity index (χ0) is 15.8. The quantitative estimate of drug-likeness (QED) is 0.680. The summed E-state index contributed by atoms with van der Waals surface area (Å²) in [6, 6.07) is 5.76. The topological polar surface area (TPSA) is 60.7 Å². The van der Waals surface area contributed by atoms with Gasteiger partial charge in [0.05, 0.1) is 23.1 Å². The fourth-order valence-corrected chi connectivity index (χ4v) is 3.52. The van der Waals surface area contributed by atoms with Crippen LogP contribution in [-0.4, -0.2) is 25.5 Å². The van der Waals surface area contributed by atoms with Gasteiger partial charge in [-0.15, -0.1) is 11.3 Å². The SMILES string of the molecule is Cn1ncc2c1CC/C(=C\c1csc(-c3ccccn3)n1)C2=O. The summed E-state index contributed by atoms with van der Waals surface area (Å²) in [5.74, 6) is 0.0618. The standard InChI is InChI=1S/C17H14N4OS/c1-21-15-6-5-11(16(22)13(15)9-19-21)8-12-10-23-17(20-12)14-4-2-3-7-18-14/h2-4,7-10H,5-6H2,1H3/b11-8+. The van der Waals surface area contributed by atoms with Crippen LogP contribution in [0.3, 0.4) is 0 Å². The van der Waals surface area contributed by atoms with Gasteiger partial charge in [0.25, 0.3) is 0 Å². The average molecular weight is 322 g/mol. The van der Waals surface area contributed by atoms with Crippen molar-refractivity contribution >= 4 is 23.2 Å². The summed E-state index contributed by atoms with van der Waals surface area (Å²) in [4.78, 5) is 21.4. The predicted molar refractivity (Wildman–Crippen MR) is 89.2 cm³/mol. The summed E-state index contributed by atoms with van der Waals surface area (Å²) >= 11 is 1.54. The van der Waals surface area contributed by atoms with Gasteiger partial charge < -0.3 is 0 Å². The number of pyridine rings is 1. The van der Waals surface area contributed by atoms with Gasteiger partial charge in [0.15, 0.2) is 5.78 Å². The Labute approximate surface area is 137 Å². The van der Waals surface area contributed by atoms with Crippen molar-refractivity contribution in [3.8, 4) is 10.7 Å². The van der Waals surface area contributed by atoms with Crippen LogP contribution in [0, 0.1) is 0 Å². The number of carbonyl (C=O) groups is 1. The number of Topliss-reactive ketones (excluding diaryl/α,β-unsaturated/α-hetero) is 1. The molecule has 0 spiro atoms. The number of hydrogen-bond donors (Lipinski definition) is 0. The number of aromatic nitrogens is 4. The van der Waals surface area contributed by atoms with E-state index < -0.39 is 0 Å². The van der Waals surface area contributed by atoms with Crippen LogP contribution in [0.2, 0.25) is 0 Å². The van der Waals surface area contributed by atoms with E-state index in [1.165, 1.54) is 11.3 Å². The minimum atomic E-state index is 0.0618. The molecule has 3 aromatic rings. The summed E-state index contributed by atoms with van der Waals surface area (Å²) in [6.07, 6.45) is 6.86. The molecule has 0 amide bonds. The van der Waals surface area contributed by atoms with E-state index in [0.717, 1.165) is 40.5 Å².